The summed E-state index contributed by atoms with van der Waals surface area (Å²) in [7, 11) is -3.60. The highest BCUT2D eigenvalue weighted by Crippen LogP contribution is 2.24. The van der Waals surface area contributed by atoms with Crippen LogP contribution in [0.2, 0.25) is 0 Å². The van der Waals surface area contributed by atoms with E-state index < -0.39 is 15.8 Å². The van der Waals surface area contributed by atoms with Crippen molar-refractivity contribution in [2.24, 2.45) is 0 Å². The number of halogens is 1. The molecule has 1 atom stereocenters. The van der Waals surface area contributed by atoms with Crippen molar-refractivity contribution in [1.29, 1.82) is 0 Å². The molecule has 6 heteroatoms. The number of pyridine rings is 1. The van der Waals surface area contributed by atoms with Gasteiger partial charge in [0, 0.05) is 18.8 Å². The first-order chi connectivity index (χ1) is 8.01. The average molecular weight is 258 g/mol. The molecule has 0 aliphatic carbocycles. The summed E-state index contributed by atoms with van der Waals surface area (Å²) in [6, 6.07) is 0.987. The normalized spacial score (nSPS) is 22.6. The van der Waals surface area contributed by atoms with Crippen molar-refractivity contribution in [3.05, 3.63) is 24.3 Å². The molecule has 1 saturated heterocycles. The highest BCUT2D eigenvalue weighted by molar-refractivity contribution is 7.89. The Hall–Kier alpha value is -1.01. The van der Waals surface area contributed by atoms with E-state index in [4.69, 9.17) is 0 Å². The molecular formula is C11H15FN2O2S. The van der Waals surface area contributed by atoms with E-state index in [-0.39, 0.29) is 10.9 Å². The molecule has 0 bridgehead atoms. The monoisotopic (exact) mass is 258 g/mol. The maximum absolute atomic E-state index is 13.0. The van der Waals surface area contributed by atoms with Crippen molar-refractivity contribution in [3.8, 4) is 0 Å². The fourth-order valence-electron chi connectivity index (χ4n) is 2.10. The molecule has 1 fully saturated rings. The summed E-state index contributed by atoms with van der Waals surface area (Å²) in [5.41, 5.74) is 0. The first kappa shape index (κ1) is 12.4. The average Bonchev–Trinajstić information content (AvgIpc) is 2.29. The van der Waals surface area contributed by atoms with E-state index in [9.17, 15) is 12.8 Å². The lowest BCUT2D eigenvalue weighted by Crippen LogP contribution is -2.41. The molecular weight excluding hydrogens is 243 g/mol. The molecule has 17 heavy (non-hydrogen) atoms. The molecule has 0 spiro atoms. The second-order valence-corrected chi connectivity index (χ2v) is 6.19. The van der Waals surface area contributed by atoms with Gasteiger partial charge in [-0.3, -0.25) is 4.98 Å². The number of hydrogen-bond acceptors (Lipinski definition) is 3. The number of piperidine rings is 1. The quantitative estimate of drug-likeness (QED) is 0.812. The van der Waals surface area contributed by atoms with Gasteiger partial charge in [0.25, 0.3) is 0 Å². The topological polar surface area (TPSA) is 50.3 Å². The van der Waals surface area contributed by atoms with Gasteiger partial charge in [-0.15, -0.1) is 0 Å². The van der Waals surface area contributed by atoms with E-state index in [1.807, 2.05) is 6.92 Å². The highest BCUT2D eigenvalue weighted by atomic mass is 32.2. The third-order valence-corrected chi connectivity index (χ3v) is 5.01. The van der Waals surface area contributed by atoms with E-state index in [0.29, 0.717) is 6.54 Å². The van der Waals surface area contributed by atoms with Gasteiger partial charge in [0.05, 0.1) is 6.20 Å². The van der Waals surface area contributed by atoms with Gasteiger partial charge < -0.3 is 0 Å². The largest absolute Gasteiger partial charge is 0.260 e. The zero-order valence-electron chi connectivity index (χ0n) is 9.63. The Morgan fingerprint density at radius 1 is 1.41 bits per heavy atom. The third kappa shape index (κ3) is 2.47. The van der Waals surface area contributed by atoms with E-state index in [1.165, 1.54) is 10.5 Å². The number of nitrogens with zero attached hydrogens (tertiary/aromatic N) is 2. The Labute approximate surface area is 101 Å². The van der Waals surface area contributed by atoms with Gasteiger partial charge in [-0.25, -0.2) is 12.8 Å². The van der Waals surface area contributed by atoms with Gasteiger partial charge in [0.15, 0.2) is 0 Å². The lowest BCUT2D eigenvalue weighted by Gasteiger charge is -2.32. The second kappa shape index (κ2) is 4.70. The number of hydrogen-bond donors (Lipinski definition) is 0. The van der Waals surface area contributed by atoms with Crippen molar-refractivity contribution in [3.63, 3.8) is 0 Å². The molecule has 0 aromatic carbocycles. The van der Waals surface area contributed by atoms with E-state index >= 15 is 0 Å². The van der Waals surface area contributed by atoms with Crippen LogP contribution in [0.5, 0.6) is 0 Å². The van der Waals surface area contributed by atoms with Crippen LogP contribution in [0.25, 0.3) is 0 Å². The van der Waals surface area contributed by atoms with Crippen molar-refractivity contribution in [1.82, 2.24) is 9.29 Å². The Morgan fingerprint density at radius 3 is 2.82 bits per heavy atom. The number of sulfonamides is 1. The Bertz CT molecular complexity index is 504. The van der Waals surface area contributed by atoms with Crippen LogP contribution in [-0.4, -0.2) is 30.3 Å². The van der Waals surface area contributed by atoms with Crippen LogP contribution < -0.4 is 0 Å². The molecule has 0 amide bonds. The van der Waals surface area contributed by atoms with Gasteiger partial charge in [0.1, 0.15) is 10.7 Å². The van der Waals surface area contributed by atoms with E-state index in [0.717, 1.165) is 31.5 Å². The smallest absolute Gasteiger partial charge is 0.244 e. The third-order valence-electron chi connectivity index (χ3n) is 3.03. The van der Waals surface area contributed by atoms with E-state index in [1.54, 1.807) is 0 Å². The summed E-state index contributed by atoms with van der Waals surface area (Å²) in [4.78, 5) is 3.53. The van der Waals surface area contributed by atoms with Gasteiger partial charge >= 0.3 is 0 Å². The zero-order chi connectivity index (χ0) is 12.5. The molecule has 1 aliphatic heterocycles. The Morgan fingerprint density at radius 2 is 2.18 bits per heavy atom. The Balaban J connectivity index is 2.35. The lowest BCUT2D eigenvalue weighted by molar-refractivity contribution is 0.268. The van der Waals surface area contributed by atoms with Crippen LogP contribution in [0.3, 0.4) is 0 Å². The molecule has 1 aromatic heterocycles. The molecule has 0 unspecified atom stereocenters. The lowest BCUT2D eigenvalue weighted by atomic mass is 10.1. The SMILES string of the molecule is C[C@@H]1CCCCN1S(=O)(=O)c1cncc(F)c1. The van der Waals surface area contributed by atoms with E-state index in [2.05, 4.69) is 4.98 Å². The molecule has 94 valence electrons. The Kier molecular flexibility index (Phi) is 3.44. The molecule has 1 aromatic rings. The molecule has 0 saturated carbocycles. The summed E-state index contributed by atoms with van der Waals surface area (Å²) in [6.07, 6.45) is 4.93. The summed E-state index contributed by atoms with van der Waals surface area (Å²) >= 11 is 0. The van der Waals surface area contributed by atoms with Crippen molar-refractivity contribution >= 4 is 10.0 Å². The summed E-state index contributed by atoms with van der Waals surface area (Å²) in [5, 5.41) is 0. The first-order valence-corrected chi connectivity index (χ1v) is 7.08. The minimum absolute atomic E-state index is 0.0305. The molecule has 1 aliphatic rings. The first-order valence-electron chi connectivity index (χ1n) is 5.64. The minimum atomic E-state index is -3.60. The number of rotatable bonds is 2. The van der Waals surface area contributed by atoms with Gasteiger partial charge in [-0.05, 0) is 25.8 Å². The second-order valence-electron chi connectivity index (χ2n) is 4.30. The maximum Gasteiger partial charge on any atom is 0.244 e. The predicted octanol–water partition coefficient (Wildman–Crippen LogP) is 1.78. The molecule has 2 heterocycles. The van der Waals surface area contributed by atoms with Crippen LogP contribution in [0, 0.1) is 5.82 Å². The predicted molar refractivity (Wildman–Crippen MR) is 61.4 cm³/mol. The fourth-order valence-corrected chi connectivity index (χ4v) is 3.77. The van der Waals surface area contributed by atoms with Crippen molar-refractivity contribution in [2.45, 2.75) is 37.1 Å². The molecule has 0 N–H and O–H groups in total. The van der Waals surface area contributed by atoms with Crippen LogP contribution >= 0.6 is 0 Å². The van der Waals surface area contributed by atoms with Crippen molar-refractivity contribution in [2.75, 3.05) is 6.54 Å². The van der Waals surface area contributed by atoms with Crippen LogP contribution in [0.15, 0.2) is 23.4 Å². The standard InChI is InChI=1S/C11H15FN2O2S/c1-9-4-2-3-5-14(9)17(15,16)11-6-10(12)7-13-8-11/h6-9H,2-5H2,1H3/t9-/m1/s1. The summed E-state index contributed by atoms with van der Waals surface area (Å²) < 4.78 is 39.0. The maximum atomic E-state index is 13.0. The fraction of sp³-hybridized carbons (Fsp3) is 0.545. The van der Waals surface area contributed by atoms with Gasteiger partial charge in [-0.2, -0.15) is 4.31 Å². The summed E-state index contributed by atoms with van der Waals surface area (Å²) in [6.45, 7) is 2.38. The van der Waals surface area contributed by atoms with Crippen LogP contribution in [-0.2, 0) is 10.0 Å². The summed E-state index contributed by atoms with van der Waals surface area (Å²) in [5.74, 6) is -0.629. The minimum Gasteiger partial charge on any atom is -0.260 e. The van der Waals surface area contributed by atoms with Gasteiger partial charge in [-0.1, -0.05) is 6.42 Å². The number of aromatic nitrogens is 1. The molecule has 0 radical (unpaired) electrons. The molecule has 2 rings (SSSR count). The van der Waals surface area contributed by atoms with Crippen molar-refractivity contribution < 1.29 is 12.8 Å². The highest BCUT2D eigenvalue weighted by Gasteiger charge is 2.31. The molecule has 4 nitrogen and oxygen atoms in total. The zero-order valence-corrected chi connectivity index (χ0v) is 10.5. The van der Waals surface area contributed by atoms with Crippen LogP contribution in [0.1, 0.15) is 26.2 Å². The van der Waals surface area contributed by atoms with Crippen LogP contribution in [0.4, 0.5) is 4.39 Å². The van der Waals surface area contributed by atoms with Gasteiger partial charge in [0.2, 0.25) is 10.0 Å².